The molecule has 2 aromatic carbocycles. The molecule has 1 aliphatic heterocycles. The van der Waals surface area contributed by atoms with Crippen LogP contribution in [0, 0.1) is 0 Å². The molecule has 0 radical (unpaired) electrons. The highest BCUT2D eigenvalue weighted by Gasteiger charge is 2.14. The molecular formula is C16H14O4S. The summed E-state index contributed by atoms with van der Waals surface area (Å²) in [6.45, 7) is 1.29. The fourth-order valence-corrected chi connectivity index (χ4v) is 3.03. The SMILES string of the molecule is O=C(O)c1ccccc1Sc1ccc2c(c1)OCCCO2. The van der Waals surface area contributed by atoms with Crippen LogP contribution in [0.5, 0.6) is 11.5 Å². The average Bonchev–Trinajstić information content (AvgIpc) is 2.72. The zero-order valence-electron chi connectivity index (χ0n) is 11.2. The number of carboxylic acids is 1. The molecule has 108 valence electrons. The Balaban J connectivity index is 1.89. The molecule has 5 heteroatoms. The second-order valence-corrected chi connectivity index (χ2v) is 5.68. The van der Waals surface area contributed by atoms with Gasteiger partial charge in [-0.05, 0) is 30.3 Å². The predicted octanol–water partition coefficient (Wildman–Crippen LogP) is 3.70. The van der Waals surface area contributed by atoms with Crippen molar-refractivity contribution in [3.8, 4) is 11.5 Å². The Kier molecular flexibility index (Phi) is 4.01. The van der Waals surface area contributed by atoms with E-state index in [1.807, 2.05) is 24.3 Å². The molecule has 1 heterocycles. The van der Waals surface area contributed by atoms with E-state index in [2.05, 4.69) is 0 Å². The molecule has 0 atom stereocenters. The van der Waals surface area contributed by atoms with Crippen LogP contribution < -0.4 is 9.47 Å². The molecule has 0 fully saturated rings. The molecule has 0 saturated carbocycles. The lowest BCUT2D eigenvalue weighted by Crippen LogP contribution is -1.98. The Hall–Kier alpha value is -2.14. The van der Waals surface area contributed by atoms with Gasteiger partial charge in [0, 0.05) is 16.2 Å². The second-order valence-electron chi connectivity index (χ2n) is 4.56. The highest BCUT2D eigenvalue weighted by Crippen LogP contribution is 2.37. The quantitative estimate of drug-likeness (QED) is 0.937. The van der Waals surface area contributed by atoms with Crippen molar-refractivity contribution >= 4 is 17.7 Å². The third-order valence-corrected chi connectivity index (χ3v) is 4.13. The van der Waals surface area contributed by atoms with Gasteiger partial charge in [-0.1, -0.05) is 23.9 Å². The van der Waals surface area contributed by atoms with Crippen LogP contribution in [0.25, 0.3) is 0 Å². The molecule has 4 nitrogen and oxygen atoms in total. The topological polar surface area (TPSA) is 55.8 Å². The molecule has 0 aromatic heterocycles. The summed E-state index contributed by atoms with van der Waals surface area (Å²) >= 11 is 1.41. The van der Waals surface area contributed by atoms with Crippen molar-refractivity contribution in [1.29, 1.82) is 0 Å². The van der Waals surface area contributed by atoms with Crippen molar-refractivity contribution < 1.29 is 19.4 Å². The summed E-state index contributed by atoms with van der Waals surface area (Å²) in [5, 5.41) is 9.21. The van der Waals surface area contributed by atoms with Crippen LogP contribution in [-0.2, 0) is 0 Å². The molecule has 0 bridgehead atoms. The summed E-state index contributed by atoms with van der Waals surface area (Å²) in [4.78, 5) is 12.9. The van der Waals surface area contributed by atoms with Crippen LogP contribution >= 0.6 is 11.8 Å². The van der Waals surface area contributed by atoms with Gasteiger partial charge in [0.2, 0.25) is 0 Å². The Morgan fingerprint density at radius 1 is 1.05 bits per heavy atom. The van der Waals surface area contributed by atoms with Gasteiger partial charge in [-0.15, -0.1) is 0 Å². The molecule has 3 rings (SSSR count). The fourth-order valence-electron chi connectivity index (χ4n) is 2.07. The third-order valence-electron chi connectivity index (χ3n) is 3.06. The summed E-state index contributed by atoms with van der Waals surface area (Å²) in [5.74, 6) is 0.529. The van der Waals surface area contributed by atoms with Crippen LogP contribution in [0.2, 0.25) is 0 Å². The normalized spacial score (nSPS) is 13.5. The zero-order chi connectivity index (χ0) is 14.7. The lowest BCUT2D eigenvalue weighted by atomic mass is 10.2. The number of fused-ring (bicyclic) bond motifs is 1. The van der Waals surface area contributed by atoms with E-state index in [-0.39, 0.29) is 0 Å². The summed E-state index contributed by atoms with van der Waals surface area (Å²) in [5.41, 5.74) is 0.301. The average molecular weight is 302 g/mol. The maximum absolute atomic E-state index is 11.2. The van der Waals surface area contributed by atoms with Crippen molar-refractivity contribution in [2.45, 2.75) is 16.2 Å². The molecule has 2 aromatic rings. The van der Waals surface area contributed by atoms with E-state index in [9.17, 15) is 9.90 Å². The molecule has 1 aliphatic rings. The Labute approximate surface area is 126 Å². The first kappa shape index (κ1) is 13.8. The number of hydrogen-bond acceptors (Lipinski definition) is 4. The Morgan fingerprint density at radius 3 is 2.62 bits per heavy atom. The summed E-state index contributed by atoms with van der Waals surface area (Å²) in [6.07, 6.45) is 0.860. The minimum atomic E-state index is -0.924. The largest absolute Gasteiger partial charge is 0.490 e. The first-order valence-electron chi connectivity index (χ1n) is 6.64. The van der Waals surface area contributed by atoms with Gasteiger partial charge in [-0.25, -0.2) is 4.79 Å². The number of carboxylic acid groups (broad SMARTS) is 1. The van der Waals surface area contributed by atoms with E-state index < -0.39 is 5.97 Å². The van der Waals surface area contributed by atoms with Crippen LogP contribution in [0.15, 0.2) is 52.3 Å². The van der Waals surface area contributed by atoms with E-state index >= 15 is 0 Å². The lowest BCUT2D eigenvalue weighted by Gasteiger charge is -2.10. The molecule has 0 spiro atoms. The van der Waals surface area contributed by atoms with Crippen molar-refractivity contribution in [2.24, 2.45) is 0 Å². The van der Waals surface area contributed by atoms with E-state index in [4.69, 9.17) is 9.47 Å². The van der Waals surface area contributed by atoms with Gasteiger partial charge in [0.1, 0.15) is 0 Å². The number of aromatic carboxylic acids is 1. The van der Waals surface area contributed by atoms with Crippen molar-refractivity contribution in [3.05, 3.63) is 48.0 Å². The van der Waals surface area contributed by atoms with Gasteiger partial charge < -0.3 is 14.6 Å². The van der Waals surface area contributed by atoms with Gasteiger partial charge in [0.15, 0.2) is 11.5 Å². The Morgan fingerprint density at radius 2 is 1.81 bits per heavy atom. The maximum atomic E-state index is 11.2. The molecule has 0 saturated heterocycles. The molecular weight excluding hydrogens is 288 g/mol. The standard InChI is InChI=1S/C16H14O4S/c17-16(18)12-4-1-2-5-15(12)21-11-6-7-13-14(10-11)20-9-3-8-19-13/h1-2,4-7,10H,3,8-9H2,(H,17,18). The summed E-state index contributed by atoms with van der Waals surface area (Å²) in [6, 6.07) is 12.6. The van der Waals surface area contributed by atoms with E-state index in [1.165, 1.54) is 11.8 Å². The van der Waals surface area contributed by atoms with E-state index in [1.54, 1.807) is 18.2 Å². The maximum Gasteiger partial charge on any atom is 0.336 e. The van der Waals surface area contributed by atoms with Crippen LogP contribution in [0.1, 0.15) is 16.8 Å². The smallest absolute Gasteiger partial charge is 0.336 e. The summed E-state index contributed by atoms with van der Waals surface area (Å²) < 4.78 is 11.2. The molecule has 0 amide bonds. The number of rotatable bonds is 3. The van der Waals surface area contributed by atoms with Gasteiger partial charge in [0.25, 0.3) is 0 Å². The minimum absolute atomic E-state index is 0.301. The van der Waals surface area contributed by atoms with Crippen molar-refractivity contribution in [1.82, 2.24) is 0 Å². The number of carbonyl (C=O) groups is 1. The molecule has 21 heavy (non-hydrogen) atoms. The zero-order valence-corrected chi connectivity index (χ0v) is 12.1. The molecule has 0 unspecified atom stereocenters. The third kappa shape index (κ3) is 3.13. The van der Waals surface area contributed by atoms with Gasteiger partial charge >= 0.3 is 5.97 Å². The van der Waals surface area contributed by atoms with Gasteiger partial charge in [0.05, 0.1) is 18.8 Å². The van der Waals surface area contributed by atoms with Gasteiger partial charge in [-0.2, -0.15) is 0 Å². The molecule has 1 N–H and O–H groups in total. The number of hydrogen-bond donors (Lipinski definition) is 1. The Bertz CT molecular complexity index is 669. The van der Waals surface area contributed by atoms with Crippen molar-refractivity contribution in [3.63, 3.8) is 0 Å². The van der Waals surface area contributed by atoms with Crippen LogP contribution in [0.3, 0.4) is 0 Å². The predicted molar refractivity (Wildman–Crippen MR) is 79.6 cm³/mol. The van der Waals surface area contributed by atoms with E-state index in [0.717, 1.165) is 17.1 Å². The number of benzene rings is 2. The monoisotopic (exact) mass is 302 g/mol. The number of ether oxygens (including phenoxy) is 2. The minimum Gasteiger partial charge on any atom is -0.490 e. The second kappa shape index (κ2) is 6.10. The van der Waals surface area contributed by atoms with Crippen LogP contribution in [-0.4, -0.2) is 24.3 Å². The van der Waals surface area contributed by atoms with Crippen molar-refractivity contribution in [2.75, 3.05) is 13.2 Å². The first-order valence-corrected chi connectivity index (χ1v) is 7.45. The summed E-state index contributed by atoms with van der Waals surface area (Å²) in [7, 11) is 0. The lowest BCUT2D eigenvalue weighted by molar-refractivity contribution is 0.0693. The van der Waals surface area contributed by atoms with Crippen LogP contribution in [0.4, 0.5) is 0 Å². The molecule has 0 aliphatic carbocycles. The first-order chi connectivity index (χ1) is 10.2. The highest BCUT2D eigenvalue weighted by molar-refractivity contribution is 7.99. The van der Waals surface area contributed by atoms with E-state index in [0.29, 0.717) is 29.4 Å². The highest BCUT2D eigenvalue weighted by atomic mass is 32.2. The fraction of sp³-hybridized carbons (Fsp3) is 0.188. The van der Waals surface area contributed by atoms with Gasteiger partial charge in [-0.3, -0.25) is 0 Å².